The van der Waals surface area contributed by atoms with Crippen LogP contribution in [0.2, 0.25) is 0 Å². The normalized spacial score (nSPS) is 12.2. The van der Waals surface area contributed by atoms with Gasteiger partial charge in [0.15, 0.2) is 0 Å². The van der Waals surface area contributed by atoms with Crippen LogP contribution in [0, 0.1) is 5.82 Å². The highest BCUT2D eigenvalue weighted by Gasteiger charge is 2.06. The molecule has 1 amide bonds. The third-order valence-corrected chi connectivity index (χ3v) is 3.46. The maximum absolute atomic E-state index is 13.2. The molecule has 3 nitrogen and oxygen atoms in total. The molecule has 0 aromatic heterocycles. The summed E-state index contributed by atoms with van der Waals surface area (Å²) >= 11 is 1.49. The second-order valence-electron chi connectivity index (χ2n) is 3.73. The van der Waals surface area contributed by atoms with Crippen LogP contribution in [-0.4, -0.2) is 23.5 Å². The van der Waals surface area contributed by atoms with E-state index in [0.29, 0.717) is 17.9 Å². The molecule has 0 saturated heterocycles. The van der Waals surface area contributed by atoms with Gasteiger partial charge in [-0.3, -0.25) is 4.79 Å². The van der Waals surface area contributed by atoms with E-state index in [9.17, 15) is 9.18 Å². The van der Waals surface area contributed by atoms with Gasteiger partial charge in [-0.1, -0.05) is 25.1 Å². The van der Waals surface area contributed by atoms with Crippen molar-refractivity contribution in [2.24, 2.45) is 5.73 Å². The van der Waals surface area contributed by atoms with Crippen molar-refractivity contribution in [1.82, 2.24) is 5.32 Å². The van der Waals surface area contributed by atoms with Crippen molar-refractivity contribution < 1.29 is 9.18 Å². The van der Waals surface area contributed by atoms with E-state index < -0.39 is 0 Å². The molecule has 17 heavy (non-hydrogen) atoms. The van der Waals surface area contributed by atoms with Gasteiger partial charge in [-0.15, -0.1) is 11.8 Å². The van der Waals surface area contributed by atoms with Crippen LogP contribution in [0.1, 0.15) is 12.5 Å². The van der Waals surface area contributed by atoms with E-state index in [1.165, 1.54) is 17.8 Å². The highest BCUT2D eigenvalue weighted by molar-refractivity contribution is 8.00. The number of nitrogens with one attached hydrogen (secondary N) is 1. The van der Waals surface area contributed by atoms with E-state index in [2.05, 4.69) is 5.32 Å². The molecule has 1 unspecified atom stereocenters. The lowest BCUT2D eigenvalue weighted by Crippen LogP contribution is -2.26. The Bertz CT molecular complexity index is 373. The molecule has 0 aliphatic carbocycles. The van der Waals surface area contributed by atoms with E-state index in [4.69, 9.17) is 5.73 Å². The minimum absolute atomic E-state index is 0.0986. The van der Waals surface area contributed by atoms with Gasteiger partial charge in [0.25, 0.3) is 0 Å². The molecule has 0 saturated carbocycles. The van der Waals surface area contributed by atoms with Gasteiger partial charge in [0.05, 0.1) is 5.75 Å². The lowest BCUT2D eigenvalue weighted by molar-refractivity contribution is -0.118. The summed E-state index contributed by atoms with van der Waals surface area (Å²) in [6.07, 6.45) is 0. The lowest BCUT2D eigenvalue weighted by Gasteiger charge is -2.09. The molecule has 0 heterocycles. The molecule has 0 radical (unpaired) electrons. The third kappa shape index (κ3) is 5.19. The third-order valence-electron chi connectivity index (χ3n) is 2.26. The first-order valence-electron chi connectivity index (χ1n) is 5.45. The molecule has 94 valence electrons. The quantitative estimate of drug-likeness (QED) is 0.811. The van der Waals surface area contributed by atoms with Crippen LogP contribution in [0.15, 0.2) is 24.3 Å². The summed E-state index contributed by atoms with van der Waals surface area (Å²) < 4.78 is 13.2. The molecule has 5 heteroatoms. The van der Waals surface area contributed by atoms with Gasteiger partial charge >= 0.3 is 0 Å². The van der Waals surface area contributed by atoms with Crippen molar-refractivity contribution in [3.63, 3.8) is 0 Å². The molecular formula is C12H17FN2OS. The smallest absolute Gasteiger partial charge is 0.230 e. The molecule has 1 atom stereocenters. The number of rotatable bonds is 6. The summed E-state index contributed by atoms with van der Waals surface area (Å²) in [6.45, 7) is 2.74. The maximum atomic E-state index is 13.2. The molecular weight excluding hydrogens is 239 g/mol. The fourth-order valence-corrected chi connectivity index (χ4v) is 1.85. The van der Waals surface area contributed by atoms with Crippen LogP contribution in [0.3, 0.4) is 0 Å². The van der Waals surface area contributed by atoms with Gasteiger partial charge in [-0.05, 0) is 6.07 Å². The van der Waals surface area contributed by atoms with Crippen molar-refractivity contribution in [1.29, 1.82) is 0 Å². The summed E-state index contributed by atoms with van der Waals surface area (Å²) in [6, 6.07) is 6.41. The zero-order valence-electron chi connectivity index (χ0n) is 9.78. The van der Waals surface area contributed by atoms with Crippen molar-refractivity contribution >= 4 is 17.7 Å². The van der Waals surface area contributed by atoms with Gasteiger partial charge in [0.1, 0.15) is 5.82 Å². The van der Waals surface area contributed by atoms with E-state index in [0.717, 1.165) is 0 Å². The molecule has 3 N–H and O–H groups in total. The number of amides is 1. The molecule has 0 aliphatic heterocycles. The van der Waals surface area contributed by atoms with E-state index >= 15 is 0 Å². The number of carbonyl (C=O) groups is 1. The Kier molecular flexibility index (Phi) is 6.00. The zero-order valence-corrected chi connectivity index (χ0v) is 10.6. The summed E-state index contributed by atoms with van der Waals surface area (Å²) in [5.41, 5.74) is 5.94. The monoisotopic (exact) mass is 256 g/mol. The molecule has 0 aliphatic rings. The van der Waals surface area contributed by atoms with Crippen LogP contribution >= 0.6 is 11.8 Å². The van der Waals surface area contributed by atoms with Crippen molar-refractivity contribution in [2.45, 2.75) is 18.7 Å². The van der Waals surface area contributed by atoms with E-state index in [1.807, 2.05) is 6.92 Å². The predicted molar refractivity (Wildman–Crippen MR) is 69.2 cm³/mol. The molecule has 0 fully saturated rings. The summed E-state index contributed by atoms with van der Waals surface area (Å²) in [4.78, 5) is 11.5. The van der Waals surface area contributed by atoms with Gasteiger partial charge < -0.3 is 11.1 Å². The van der Waals surface area contributed by atoms with Crippen LogP contribution in [0.25, 0.3) is 0 Å². The molecule has 1 aromatic carbocycles. The largest absolute Gasteiger partial charge is 0.351 e. The van der Waals surface area contributed by atoms with Crippen LogP contribution in [0.5, 0.6) is 0 Å². The molecule has 0 spiro atoms. The standard InChI is InChI=1S/C12H17FN2OS/c1-9(6-14)17-8-12(16)15-7-10-4-2-3-5-11(10)13/h2-5,9H,6-8,14H2,1H3,(H,15,16). The minimum atomic E-state index is -0.296. The lowest BCUT2D eigenvalue weighted by atomic mass is 10.2. The summed E-state index contributed by atoms with van der Waals surface area (Å²) in [5.74, 6) is -0.0401. The number of nitrogens with two attached hydrogens (primary N) is 1. The number of hydrogen-bond donors (Lipinski definition) is 2. The van der Waals surface area contributed by atoms with E-state index in [1.54, 1.807) is 18.2 Å². The van der Waals surface area contributed by atoms with Gasteiger partial charge in [0.2, 0.25) is 5.91 Å². The Morgan fingerprint density at radius 3 is 2.88 bits per heavy atom. The second-order valence-corrected chi connectivity index (χ2v) is 5.15. The first-order chi connectivity index (χ1) is 8.13. The Morgan fingerprint density at radius 1 is 1.53 bits per heavy atom. The number of thioether (sulfide) groups is 1. The fourth-order valence-electron chi connectivity index (χ4n) is 1.17. The summed E-state index contributed by atoms with van der Waals surface area (Å²) in [5, 5.41) is 2.94. The number of hydrogen-bond acceptors (Lipinski definition) is 3. The minimum Gasteiger partial charge on any atom is -0.351 e. The summed E-state index contributed by atoms with van der Waals surface area (Å²) in [7, 11) is 0. The Labute approximate surface area is 105 Å². The Hall–Kier alpha value is -1.07. The number of benzene rings is 1. The van der Waals surface area contributed by atoms with Gasteiger partial charge in [0, 0.05) is 23.9 Å². The van der Waals surface area contributed by atoms with Crippen LogP contribution in [0.4, 0.5) is 4.39 Å². The van der Waals surface area contributed by atoms with Gasteiger partial charge in [-0.2, -0.15) is 0 Å². The highest BCUT2D eigenvalue weighted by Crippen LogP contribution is 2.09. The molecule has 1 rings (SSSR count). The van der Waals surface area contributed by atoms with Gasteiger partial charge in [-0.25, -0.2) is 4.39 Å². The first-order valence-corrected chi connectivity index (χ1v) is 6.50. The number of carbonyl (C=O) groups excluding carboxylic acids is 1. The zero-order chi connectivity index (χ0) is 12.7. The van der Waals surface area contributed by atoms with Crippen molar-refractivity contribution in [3.05, 3.63) is 35.6 Å². The predicted octanol–water partition coefficient (Wildman–Crippen LogP) is 1.52. The highest BCUT2D eigenvalue weighted by atomic mass is 32.2. The number of halogens is 1. The topological polar surface area (TPSA) is 55.1 Å². The fraction of sp³-hybridized carbons (Fsp3) is 0.417. The van der Waals surface area contributed by atoms with E-state index in [-0.39, 0.29) is 23.5 Å². The average molecular weight is 256 g/mol. The van der Waals surface area contributed by atoms with Crippen molar-refractivity contribution in [2.75, 3.05) is 12.3 Å². The van der Waals surface area contributed by atoms with Crippen molar-refractivity contribution in [3.8, 4) is 0 Å². The molecule has 0 bridgehead atoms. The maximum Gasteiger partial charge on any atom is 0.230 e. The SMILES string of the molecule is CC(CN)SCC(=O)NCc1ccccc1F. The van der Waals surface area contributed by atoms with Crippen LogP contribution in [-0.2, 0) is 11.3 Å². The Balaban J connectivity index is 2.31. The van der Waals surface area contributed by atoms with Crippen LogP contribution < -0.4 is 11.1 Å². The first kappa shape index (κ1) is 14.0. The Morgan fingerprint density at radius 2 is 2.24 bits per heavy atom. The second kappa shape index (κ2) is 7.29. The molecule has 1 aromatic rings. The average Bonchev–Trinajstić information content (AvgIpc) is 2.35.